The van der Waals surface area contributed by atoms with E-state index in [0.29, 0.717) is 5.92 Å². The van der Waals surface area contributed by atoms with Gasteiger partial charge in [0.2, 0.25) is 0 Å². The zero-order valence-corrected chi connectivity index (χ0v) is 10.7. The van der Waals surface area contributed by atoms with Crippen LogP contribution < -0.4 is 0 Å². The van der Waals surface area contributed by atoms with Gasteiger partial charge in [0.25, 0.3) is 0 Å². The van der Waals surface area contributed by atoms with Crippen molar-refractivity contribution in [3.63, 3.8) is 0 Å². The number of hydrogen-bond acceptors (Lipinski definition) is 1. The second-order valence-corrected chi connectivity index (χ2v) is 5.31. The Kier molecular flexibility index (Phi) is 3.77. The van der Waals surface area contributed by atoms with Crippen molar-refractivity contribution in [3.8, 4) is 0 Å². The molecule has 0 aliphatic heterocycles. The molecule has 1 aliphatic rings. The van der Waals surface area contributed by atoms with Gasteiger partial charge in [0.15, 0.2) is 0 Å². The molecule has 0 aromatic carbocycles. The van der Waals surface area contributed by atoms with Crippen LogP contribution in [0.4, 0.5) is 0 Å². The van der Waals surface area contributed by atoms with E-state index in [9.17, 15) is 5.11 Å². The molecule has 1 N–H and O–H groups in total. The molecule has 0 saturated carbocycles. The third kappa shape index (κ3) is 2.52. The molecule has 0 fully saturated rings. The number of rotatable bonds is 2. The first-order valence-corrected chi connectivity index (χ1v) is 5.90. The van der Waals surface area contributed by atoms with Gasteiger partial charge in [-0.25, -0.2) is 0 Å². The van der Waals surface area contributed by atoms with Crippen LogP contribution in [0.5, 0.6) is 0 Å². The van der Waals surface area contributed by atoms with Crippen molar-refractivity contribution >= 4 is 0 Å². The molecule has 86 valence electrons. The van der Waals surface area contributed by atoms with E-state index in [0.717, 1.165) is 12.8 Å². The van der Waals surface area contributed by atoms with E-state index in [1.807, 2.05) is 6.92 Å². The fourth-order valence-electron chi connectivity index (χ4n) is 2.76. The molecule has 3 unspecified atom stereocenters. The van der Waals surface area contributed by atoms with Gasteiger partial charge in [-0.1, -0.05) is 30.2 Å². The van der Waals surface area contributed by atoms with Gasteiger partial charge >= 0.3 is 0 Å². The first-order chi connectivity index (χ1) is 6.88. The largest absolute Gasteiger partial charge is 0.392 e. The number of hydrogen-bond donors (Lipinski definition) is 1. The maximum Gasteiger partial charge on any atom is 0.0608 e. The lowest BCUT2D eigenvalue weighted by atomic mass is 9.64. The highest BCUT2D eigenvalue weighted by molar-refractivity contribution is 5.19. The second-order valence-electron chi connectivity index (χ2n) is 5.31. The molecule has 15 heavy (non-hydrogen) atoms. The second kappa shape index (κ2) is 4.52. The molecule has 1 nitrogen and oxygen atoms in total. The molecule has 0 heterocycles. The molecule has 1 aliphatic carbocycles. The highest BCUT2D eigenvalue weighted by atomic mass is 16.3. The van der Waals surface area contributed by atoms with Crippen molar-refractivity contribution in [2.24, 2.45) is 11.3 Å². The summed E-state index contributed by atoms with van der Waals surface area (Å²) in [5.41, 5.74) is 2.72. The van der Waals surface area contributed by atoms with Gasteiger partial charge in [0.05, 0.1) is 6.10 Å². The maximum absolute atomic E-state index is 10.1. The minimum Gasteiger partial charge on any atom is -0.392 e. The van der Waals surface area contributed by atoms with Crippen molar-refractivity contribution in [2.45, 2.75) is 53.6 Å². The van der Waals surface area contributed by atoms with E-state index >= 15 is 0 Å². The summed E-state index contributed by atoms with van der Waals surface area (Å²) in [6, 6.07) is 0. The quantitative estimate of drug-likeness (QED) is 0.686. The molecule has 0 amide bonds. The summed E-state index contributed by atoms with van der Waals surface area (Å²) in [6.07, 6.45) is 6.49. The highest BCUT2D eigenvalue weighted by Crippen LogP contribution is 2.44. The van der Waals surface area contributed by atoms with E-state index in [1.165, 1.54) is 11.1 Å². The molecule has 0 radical (unpaired) electrons. The molecular formula is C14H24O. The summed E-state index contributed by atoms with van der Waals surface area (Å²) in [6.45, 7) is 10.5. The maximum atomic E-state index is 10.1. The van der Waals surface area contributed by atoms with Crippen LogP contribution >= 0.6 is 0 Å². The fraction of sp³-hybridized carbons (Fsp3) is 0.714. The Morgan fingerprint density at radius 2 is 2.20 bits per heavy atom. The minimum atomic E-state index is -0.272. The average Bonchev–Trinajstić information content (AvgIpc) is 2.09. The zero-order chi connectivity index (χ0) is 11.6. The fourth-order valence-corrected chi connectivity index (χ4v) is 2.76. The van der Waals surface area contributed by atoms with E-state index in [2.05, 4.69) is 39.8 Å². The molecule has 0 aromatic heterocycles. The van der Waals surface area contributed by atoms with Crippen molar-refractivity contribution < 1.29 is 5.11 Å². The summed E-state index contributed by atoms with van der Waals surface area (Å²) in [7, 11) is 0. The van der Waals surface area contributed by atoms with Crippen LogP contribution in [0, 0.1) is 11.3 Å². The van der Waals surface area contributed by atoms with Gasteiger partial charge < -0.3 is 5.11 Å². The predicted molar refractivity (Wildman–Crippen MR) is 65.7 cm³/mol. The lowest BCUT2D eigenvalue weighted by Gasteiger charge is -2.42. The summed E-state index contributed by atoms with van der Waals surface area (Å²) < 4.78 is 0. The monoisotopic (exact) mass is 208 g/mol. The van der Waals surface area contributed by atoms with Crippen molar-refractivity contribution in [2.75, 3.05) is 0 Å². The van der Waals surface area contributed by atoms with Gasteiger partial charge in [-0.2, -0.15) is 0 Å². The third-order valence-electron chi connectivity index (χ3n) is 3.67. The molecule has 0 bridgehead atoms. The molecular weight excluding hydrogens is 184 g/mol. The number of allylic oxidation sites excluding steroid dienone is 3. The molecule has 1 heteroatoms. The van der Waals surface area contributed by atoms with Gasteiger partial charge in [0, 0.05) is 5.41 Å². The Hall–Kier alpha value is -0.560. The van der Waals surface area contributed by atoms with E-state index in [4.69, 9.17) is 0 Å². The van der Waals surface area contributed by atoms with Crippen LogP contribution in [0.25, 0.3) is 0 Å². The molecule has 0 saturated heterocycles. The van der Waals surface area contributed by atoms with E-state index in [1.54, 1.807) is 0 Å². The van der Waals surface area contributed by atoms with Gasteiger partial charge in [0.1, 0.15) is 0 Å². The van der Waals surface area contributed by atoms with E-state index < -0.39 is 0 Å². The van der Waals surface area contributed by atoms with E-state index in [-0.39, 0.29) is 11.5 Å². The Bertz CT molecular complexity index is 282. The Morgan fingerprint density at radius 1 is 1.60 bits per heavy atom. The number of aliphatic hydroxyl groups excluding tert-OH is 1. The average molecular weight is 208 g/mol. The molecule has 1 rings (SSSR count). The SMILES string of the molecule is CC(C)=CC1(C(C)O)CCC(C)=CC1C. The third-order valence-corrected chi connectivity index (χ3v) is 3.67. The smallest absolute Gasteiger partial charge is 0.0608 e. The summed E-state index contributed by atoms with van der Waals surface area (Å²) in [5.74, 6) is 0.432. The van der Waals surface area contributed by atoms with Crippen molar-refractivity contribution in [1.82, 2.24) is 0 Å². The minimum absolute atomic E-state index is 0.0433. The van der Waals surface area contributed by atoms with Gasteiger partial charge in [-0.3, -0.25) is 0 Å². The van der Waals surface area contributed by atoms with Gasteiger partial charge in [-0.15, -0.1) is 0 Å². The summed E-state index contributed by atoms with van der Waals surface area (Å²) in [5, 5.41) is 10.1. The van der Waals surface area contributed by atoms with Crippen LogP contribution in [0.2, 0.25) is 0 Å². The molecule has 3 atom stereocenters. The Balaban J connectivity index is 3.08. The van der Waals surface area contributed by atoms with Crippen LogP contribution in [-0.2, 0) is 0 Å². The number of aliphatic hydroxyl groups is 1. The summed E-state index contributed by atoms with van der Waals surface area (Å²) in [4.78, 5) is 0. The van der Waals surface area contributed by atoms with Crippen LogP contribution in [0.15, 0.2) is 23.3 Å². The standard InChI is InChI=1S/C14H24O/c1-10(2)9-14(13(5)15)7-6-11(3)8-12(14)4/h8-9,12-13,15H,6-7H2,1-5H3. The summed E-state index contributed by atoms with van der Waals surface area (Å²) >= 11 is 0. The van der Waals surface area contributed by atoms with Crippen LogP contribution in [-0.4, -0.2) is 11.2 Å². The zero-order valence-electron chi connectivity index (χ0n) is 10.7. The van der Waals surface area contributed by atoms with Gasteiger partial charge in [-0.05, 0) is 46.5 Å². The lowest BCUT2D eigenvalue weighted by Crippen LogP contribution is -2.39. The Labute approximate surface area is 93.9 Å². The molecule has 0 spiro atoms. The lowest BCUT2D eigenvalue weighted by molar-refractivity contribution is 0.0371. The van der Waals surface area contributed by atoms with Crippen molar-refractivity contribution in [3.05, 3.63) is 23.3 Å². The first-order valence-electron chi connectivity index (χ1n) is 5.90. The molecule has 0 aromatic rings. The Morgan fingerprint density at radius 3 is 2.60 bits per heavy atom. The normalized spacial score (nSPS) is 33.2. The first kappa shape index (κ1) is 12.5. The predicted octanol–water partition coefficient (Wildman–Crippen LogP) is 3.70. The van der Waals surface area contributed by atoms with Crippen LogP contribution in [0.1, 0.15) is 47.5 Å². The topological polar surface area (TPSA) is 20.2 Å². The van der Waals surface area contributed by atoms with Crippen LogP contribution in [0.3, 0.4) is 0 Å². The van der Waals surface area contributed by atoms with Crippen molar-refractivity contribution in [1.29, 1.82) is 0 Å². The highest BCUT2D eigenvalue weighted by Gasteiger charge is 2.39.